The van der Waals surface area contributed by atoms with Crippen molar-refractivity contribution in [3.8, 4) is 5.75 Å². The number of hydrogen-bond acceptors (Lipinski definition) is 5. The second-order valence-electron chi connectivity index (χ2n) is 7.01. The van der Waals surface area contributed by atoms with Crippen LogP contribution in [0.25, 0.3) is 0 Å². The number of hydrogen-bond donors (Lipinski definition) is 2. The van der Waals surface area contributed by atoms with Gasteiger partial charge in [-0.15, -0.1) is 5.10 Å². The summed E-state index contributed by atoms with van der Waals surface area (Å²) in [7, 11) is 0. The molecule has 27 heavy (non-hydrogen) atoms. The normalized spacial score (nSPS) is 12.1. The Morgan fingerprint density at radius 2 is 1.70 bits per heavy atom. The Labute approximate surface area is 158 Å². The van der Waals surface area contributed by atoms with E-state index in [2.05, 4.69) is 53.6 Å². The van der Waals surface area contributed by atoms with Crippen molar-refractivity contribution < 1.29 is 14.3 Å². The number of benzene rings is 2. The van der Waals surface area contributed by atoms with Crippen molar-refractivity contribution in [2.24, 2.45) is 5.92 Å². The van der Waals surface area contributed by atoms with Gasteiger partial charge in [0.1, 0.15) is 5.75 Å². The fourth-order valence-corrected chi connectivity index (χ4v) is 2.80. The minimum atomic E-state index is -0.379. The number of carbonyl (C=O) groups excluding carboxylic acids is 1. The molecule has 0 aliphatic heterocycles. The van der Waals surface area contributed by atoms with Crippen LogP contribution in [0.1, 0.15) is 54.1 Å². The van der Waals surface area contributed by atoms with Gasteiger partial charge in [-0.2, -0.15) is 0 Å². The molecular formula is C21H23N3O3. The maximum absolute atomic E-state index is 12.2. The van der Waals surface area contributed by atoms with E-state index in [1.807, 2.05) is 6.92 Å². The van der Waals surface area contributed by atoms with Crippen molar-refractivity contribution in [2.45, 2.75) is 33.1 Å². The molecule has 0 fully saturated rings. The number of anilines is 1. The summed E-state index contributed by atoms with van der Waals surface area (Å²) >= 11 is 0. The predicted octanol–water partition coefficient (Wildman–Crippen LogP) is 4.38. The number of phenols is 1. The summed E-state index contributed by atoms with van der Waals surface area (Å²) in [6.07, 6.45) is 1.04. The third-order valence-corrected chi connectivity index (χ3v) is 4.28. The van der Waals surface area contributed by atoms with Crippen LogP contribution >= 0.6 is 0 Å². The van der Waals surface area contributed by atoms with Crippen LogP contribution in [0, 0.1) is 5.92 Å². The molecule has 0 spiro atoms. The maximum atomic E-state index is 12.2. The number of nitrogens with one attached hydrogen (secondary N) is 1. The van der Waals surface area contributed by atoms with Crippen LogP contribution in [-0.4, -0.2) is 21.2 Å². The number of amides is 1. The molecule has 1 atom stereocenters. The van der Waals surface area contributed by atoms with Gasteiger partial charge >= 0.3 is 6.01 Å². The van der Waals surface area contributed by atoms with Crippen LogP contribution in [0.4, 0.5) is 6.01 Å². The minimum Gasteiger partial charge on any atom is -0.508 e. The van der Waals surface area contributed by atoms with Gasteiger partial charge in [0.2, 0.25) is 5.89 Å². The third kappa shape index (κ3) is 4.73. The summed E-state index contributed by atoms with van der Waals surface area (Å²) < 4.78 is 5.61. The van der Waals surface area contributed by atoms with Crippen molar-refractivity contribution in [1.82, 2.24) is 10.2 Å². The first-order valence-corrected chi connectivity index (χ1v) is 8.95. The molecule has 0 saturated carbocycles. The van der Waals surface area contributed by atoms with Crippen LogP contribution in [0.3, 0.4) is 0 Å². The monoisotopic (exact) mass is 365 g/mol. The van der Waals surface area contributed by atoms with Crippen LogP contribution in [0.2, 0.25) is 0 Å². The van der Waals surface area contributed by atoms with Crippen LogP contribution in [0.15, 0.2) is 52.9 Å². The van der Waals surface area contributed by atoms with Gasteiger partial charge in [0.05, 0.1) is 5.92 Å². The van der Waals surface area contributed by atoms with E-state index in [0.29, 0.717) is 17.4 Å². The Morgan fingerprint density at radius 1 is 1.04 bits per heavy atom. The summed E-state index contributed by atoms with van der Waals surface area (Å²) in [6.45, 7) is 6.38. The highest BCUT2D eigenvalue weighted by Crippen LogP contribution is 2.25. The molecule has 3 rings (SSSR count). The van der Waals surface area contributed by atoms with E-state index >= 15 is 0 Å². The van der Waals surface area contributed by atoms with E-state index in [1.165, 1.54) is 29.8 Å². The lowest BCUT2D eigenvalue weighted by atomic mass is 9.97. The molecule has 0 aliphatic carbocycles. The first kappa shape index (κ1) is 18.6. The predicted molar refractivity (Wildman–Crippen MR) is 103 cm³/mol. The number of aromatic nitrogens is 2. The van der Waals surface area contributed by atoms with Gasteiger partial charge in [-0.1, -0.05) is 43.2 Å². The number of aromatic hydroxyl groups is 1. The van der Waals surface area contributed by atoms with Crippen molar-refractivity contribution in [1.29, 1.82) is 0 Å². The zero-order valence-corrected chi connectivity index (χ0v) is 15.6. The molecule has 2 aromatic carbocycles. The topological polar surface area (TPSA) is 88.2 Å². The van der Waals surface area contributed by atoms with Crippen molar-refractivity contribution in [2.75, 3.05) is 5.32 Å². The molecule has 0 bridgehead atoms. The molecule has 1 unspecified atom stereocenters. The summed E-state index contributed by atoms with van der Waals surface area (Å²) in [4.78, 5) is 12.2. The van der Waals surface area contributed by atoms with Crippen molar-refractivity contribution >= 4 is 11.9 Å². The first-order valence-electron chi connectivity index (χ1n) is 8.95. The van der Waals surface area contributed by atoms with Gasteiger partial charge in [-0.3, -0.25) is 10.1 Å². The van der Waals surface area contributed by atoms with E-state index in [-0.39, 0.29) is 23.6 Å². The molecule has 1 heterocycles. The first-order chi connectivity index (χ1) is 12.9. The van der Waals surface area contributed by atoms with E-state index in [0.717, 1.165) is 12.0 Å². The highest BCUT2D eigenvalue weighted by molar-refractivity contribution is 6.03. The third-order valence-electron chi connectivity index (χ3n) is 4.28. The highest BCUT2D eigenvalue weighted by atomic mass is 16.4. The fraction of sp³-hybridized carbons (Fsp3) is 0.286. The molecular weight excluding hydrogens is 342 g/mol. The minimum absolute atomic E-state index is 0.0475. The number of nitrogens with zero attached hydrogens (tertiary/aromatic N) is 2. The Kier molecular flexibility index (Phi) is 5.54. The maximum Gasteiger partial charge on any atom is 0.322 e. The Balaban J connectivity index is 1.67. The second kappa shape index (κ2) is 8.03. The zero-order valence-electron chi connectivity index (χ0n) is 15.6. The largest absolute Gasteiger partial charge is 0.508 e. The lowest BCUT2D eigenvalue weighted by molar-refractivity contribution is 0.102. The van der Waals surface area contributed by atoms with Gasteiger partial charge in [0.25, 0.3) is 5.91 Å². The van der Waals surface area contributed by atoms with Crippen LogP contribution in [0.5, 0.6) is 5.75 Å². The average molecular weight is 365 g/mol. The Morgan fingerprint density at radius 3 is 2.33 bits per heavy atom. The average Bonchev–Trinajstić information content (AvgIpc) is 3.10. The van der Waals surface area contributed by atoms with E-state index < -0.39 is 0 Å². The number of carbonyl (C=O) groups is 1. The Hall–Kier alpha value is -3.15. The van der Waals surface area contributed by atoms with Gasteiger partial charge in [0.15, 0.2) is 0 Å². The van der Waals surface area contributed by atoms with Gasteiger partial charge in [0, 0.05) is 5.56 Å². The lowest BCUT2D eigenvalue weighted by Gasteiger charge is -2.09. The lowest BCUT2D eigenvalue weighted by Crippen LogP contribution is -2.11. The highest BCUT2D eigenvalue weighted by Gasteiger charge is 2.18. The molecule has 6 heteroatoms. The summed E-state index contributed by atoms with van der Waals surface area (Å²) in [5.41, 5.74) is 2.76. The molecule has 1 amide bonds. The molecule has 6 nitrogen and oxygen atoms in total. The fourth-order valence-electron chi connectivity index (χ4n) is 2.80. The molecule has 3 aromatic rings. The quantitative estimate of drug-likeness (QED) is 0.677. The van der Waals surface area contributed by atoms with Crippen molar-refractivity contribution in [3.63, 3.8) is 0 Å². The SMILES string of the molecule is CC(C)Cc1ccc(C(C)c2nnc(NC(=O)c3ccc(O)cc3)o2)cc1. The van der Waals surface area contributed by atoms with E-state index in [9.17, 15) is 9.90 Å². The molecule has 140 valence electrons. The molecule has 0 radical (unpaired) electrons. The summed E-state index contributed by atoms with van der Waals surface area (Å²) in [5.74, 6) is 0.692. The van der Waals surface area contributed by atoms with Gasteiger partial charge < -0.3 is 9.52 Å². The summed E-state index contributed by atoms with van der Waals surface area (Å²) in [6, 6.07) is 14.4. The Bertz CT molecular complexity index is 899. The molecule has 2 N–H and O–H groups in total. The van der Waals surface area contributed by atoms with Gasteiger partial charge in [-0.25, -0.2) is 0 Å². The van der Waals surface area contributed by atoms with E-state index in [1.54, 1.807) is 0 Å². The number of phenolic OH excluding ortho intramolecular Hbond substituents is 1. The van der Waals surface area contributed by atoms with Crippen LogP contribution in [-0.2, 0) is 6.42 Å². The standard InChI is InChI=1S/C21H23N3O3/c1-13(2)12-15-4-6-16(7-5-15)14(3)20-23-24-21(27-20)22-19(26)17-8-10-18(25)11-9-17/h4-11,13-14,25H,12H2,1-3H3,(H,22,24,26). The zero-order chi connectivity index (χ0) is 19.4. The second-order valence-corrected chi connectivity index (χ2v) is 7.01. The van der Waals surface area contributed by atoms with Gasteiger partial charge in [-0.05, 0) is 54.7 Å². The van der Waals surface area contributed by atoms with Crippen molar-refractivity contribution in [3.05, 3.63) is 71.1 Å². The smallest absolute Gasteiger partial charge is 0.322 e. The molecule has 1 aromatic heterocycles. The summed E-state index contributed by atoms with van der Waals surface area (Å²) in [5, 5.41) is 19.8. The molecule has 0 aliphatic rings. The van der Waals surface area contributed by atoms with E-state index in [4.69, 9.17) is 4.42 Å². The number of rotatable bonds is 6. The van der Waals surface area contributed by atoms with Crippen LogP contribution < -0.4 is 5.32 Å². The molecule has 0 saturated heterocycles.